The van der Waals surface area contributed by atoms with E-state index in [1.807, 2.05) is 0 Å². The Morgan fingerprint density at radius 3 is 2.25 bits per heavy atom. The second-order valence-corrected chi connectivity index (χ2v) is 0.289. The Bertz CT molecular complexity index is 41.2. The van der Waals surface area contributed by atoms with Crippen molar-refractivity contribution in [1.29, 1.82) is 0 Å². The van der Waals surface area contributed by atoms with Crippen LogP contribution in [0.25, 0.3) is 10.4 Å². The van der Waals surface area contributed by atoms with Gasteiger partial charge in [-0.2, -0.15) is 0 Å². The molecule has 22 valence electrons. The molecule has 0 aromatic rings. The van der Waals surface area contributed by atoms with Gasteiger partial charge in [-0.3, -0.25) is 0 Å². The summed E-state index contributed by atoms with van der Waals surface area (Å²) in [6.45, 7) is 0. The van der Waals surface area contributed by atoms with Gasteiger partial charge < -0.3 is 0 Å². The third-order valence-corrected chi connectivity index (χ3v) is 0.0894. The van der Waals surface area contributed by atoms with Crippen LogP contribution in [0.3, 0.4) is 0 Å². The Hall–Kier alpha value is -0.690. The largest absolute Gasteiger partial charge is 0.0973 e. The van der Waals surface area contributed by atoms with Gasteiger partial charge in [-0.25, -0.2) is 0 Å². The van der Waals surface area contributed by atoms with Gasteiger partial charge in [0, 0.05) is 12.0 Å². The molecule has 0 saturated heterocycles. The number of azide groups is 1. The van der Waals surface area contributed by atoms with Crippen LogP contribution in [0.4, 0.5) is 0 Å². The summed E-state index contributed by atoms with van der Waals surface area (Å²) in [5, 5.41) is 2.92. The molecule has 0 heterocycles. The summed E-state index contributed by atoms with van der Waals surface area (Å²) in [4.78, 5) is 2.36. The van der Waals surface area contributed by atoms with E-state index in [9.17, 15) is 0 Å². The van der Waals surface area contributed by atoms with Crippen molar-refractivity contribution in [1.82, 2.24) is 0 Å². The first-order valence-electron chi connectivity index (χ1n) is 0.847. The maximum atomic E-state index is 7.33. The molecule has 0 aliphatic carbocycles. The molecule has 0 amide bonds. The van der Waals surface area contributed by atoms with Crippen LogP contribution in [0.5, 0.6) is 0 Å². The van der Waals surface area contributed by atoms with E-state index in [1.165, 1.54) is 7.05 Å². The van der Waals surface area contributed by atoms with E-state index in [2.05, 4.69) is 10.0 Å². The molecule has 0 aromatic heterocycles. The van der Waals surface area contributed by atoms with Gasteiger partial charge in [-0.05, 0) is 5.53 Å². The summed E-state index contributed by atoms with van der Waals surface area (Å²) in [5.41, 5.74) is 7.33. The Balaban J connectivity index is 3.11. The molecule has 3 heteroatoms. The lowest BCUT2D eigenvalue weighted by Crippen LogP contribution is -1.22. The minimum Gasteiger partial charge on any atom is -0.0973 e. The highest BCUT2D eigenvalue weighted by atomic mass is 15.1. The molecule has 0 saturated carbocycles. The summed E-state index contributed by atoms with van der Waals surface area (Å²) in [7, 11) is 1.39. The summed E-state index contributed by atoms with van der Waals surface area (Å²) < 4.78 is 0. The fraction of sp³-hybridized carbons (Fsp3) is 1.00. The van der Waals surface area contributed by atoms with E-state index in [0.29, 0.717) is 0 Å². The fourth-order valence-electron chi connectivity index (χ4n) is 0. The SMILES string of the molecule is [11CH3]N=[N+]=[N-]. The molecule has 0 bridgehead atoms. The van der Waals surface area contributed by atoms with Crippen LogP contribution in [-0.4, -0.2) is 7.05 Å². The molecular weight excluding hydrogens is 53.0 g/mol. The van der Waals surface area contributed by atoms with E-state index in [0.717, 1.165) is 0 Å². The molecule has 0 atom stereocenters. The minimum absolute atomic E-state index is 1.39. The average Bonchev–Trinajstić information content (AvgIpc) is 1.37. The average molecular weight is 56.1 g/mol. The zero-order valence-corrected chi connectivity index (χ0v) is 2.34. The highest BCUT2D eigenvalue weighted by Gasteiger charge is 1.27. The molecule has 0 N–H and O–H groups in total. The normalized spacial score (nSPS) is 4.25. The van der Waals surface area contributed by atoms with E-state index < -0.39 is 0 Å². The smallest absolute Gasteiger partial charge is 0.0139 e. The third kappa shape index (κ3) is 1.31. The summed E-state index contributed by atoms with van der Waals surface area (Å²) in [6.07, 6.45) is 0. The number of rotatable bonds is 0. The van der Waals surface area contributed by atoms with Crippen LogP contribution in [0.1, 0.15) is 0 Å². The summed E-state index contributed by atoms with van der Waals surface area (Å²) in [6, 6.07) is 0. The quantitative estimate of drug-likeness (QED) is 0.225. The number of hydrogen-bond donors (Lipinski definition) is 0. The second-order valence-electron chi connectivity index (χ2n) is 0.289. The van der Waals surface area contributed by atoms with Crippen LogP contribution >= 0.6 is 0 Å². The first kappa shape index (κ1) is 3.31. The summed E-state index contributed by atoms with van der Waals surface area (Å²) in [5.74, 6) is 0. The van der Waals surface area contributed by atoms with Crippen molar-refractivity contribution in [2.75, 3.05) is 7.05 Å². The van der Waals surface area contributed by atoms with E-state index >= 15 is 0 Å². The Morgan fingerprint density at radius 2 is 2.25 bits per heavy atom. The molecule has 0 radical (unpaired) electrons. The highest BCUT2D eigenvalue weighted by Crippen LogP contribution is 1.46. The lowest BCUT2D eigenvalue weighted by molar-refractivity contribution is 1.40. The Kier molecular flexibility index (Phi) is 1.91. The number of nitrogens with zero attached hydrogens (tertiary/aromatic N) is 3. The number of hydrogen-bond acceptors (Lipinski definition) is 1. The van der Waals surface area contributed by atoms with Gasteiger partial charge in [0.05, 0.1) is 0 Å². The first-order valence-corrected chi connectivity index (χ1v) is 0.847. The summed E-state index contributed by atoms with van der Waals surface area (Å²) >= 11 is 0. The molecule has 0 fully saturated rings. The van der Waals surface area contributed by atoms with E-state index in [-0.39, 0.29) is 0 Å². The molecule has 0 unspecified atom stereocenters. The van der Waals surface area contributed by atoms with Gasteiger partial charge in [0.25, 0.3) is 0 Å². The lowest BCUT2D eigenvalue weighted by Gasteiger charge is -1.35. The van der Waals surface area contributed by atoms with Crippen LogP contribution < -0.4 is 0 Å². The van der Waals surface area contributed by atoms with Gasteiger partial charge in [-0.1, -0.05) is 5.11 Å². The van der Waals surface area contributed by atoms with Crippen LogP contribution in [0.15, 0.2) is 5.11 Å². The lowest BCUT2D eigenvalue weighted by atomic mass is 10.7. The predicted octanol–water partition coefficient (Wildman–Crippen LogP) is 0.927. The van der Waals surface area contributed by atoms with E-state index in [1.54, 1.807) is 0 Å². The monoisotopic (exact) mass is 56.0 g/mol. The topological polar surface area (TPSA) is 48.8 Å². The van der Waals surface area contributed by atoms with Gasteiger partial charge in [0.15, 0.2) is 0 Å². The van der Waals surface area contributed by atoms with Crippen LogP contribution in [0.2, 0.25) is 0 Å². The molecule has 0 aromatic carbocycles. The van der Waals surface area contributed by atoms with Gasteiger partial charge in [-0.15, -0.1) is 0 Å². The van der Waals surface area contributed by atoms with Crippen molar-refractivity contribution in [3.63, 3.8) is 0 Å². The second kappa shape index (κ2) is 2.31. The van der Waals surface area contributed by atoms with Gasteiger partial charge in [0.2, 0.25) is 0 Å². The molecule has 0 aliphatic heterocycles. The molecule has 3 nitrogen and oxygen atoms in total. The zero-order valence-electron chi connectivity index (χ0n) is 2.34. The van der Waals surface area contributed by atoms with Gasteiger partial charge in [0.1, 0.15) is 0 Å². The Labute approximate surface area is 23.9 Å². The highest BCUT2D eigenvalue weighted by molar-refractivity contribution is 4.30. The zero-order chi connectivity index (χ0) is 3.41. The maximum absolute atomic E-state index is 7.33. The fourth-order valence-corrected chi connectivity index (χ4v) is 0. The maximum Gasteiger partial charge on any atom is 0.0139 e. The molecule has 0 aliphatic rings. The Morgan fingerprint density at radius 1 is 2.00 bits per heavy atom. The van der Waals surface area contributed by atoms with Crippen molar-refractivity contribution in [3.05, 3.63) is 10.4 Å². The van der Waals surface area contributed by atoms with Crippen molar-refractivity contribution in [2.45, 2.75) is 0 Å². The van der Waals surface area contributed by atoms with Crippen LogP contribution in [-0.2, 0) is 0 Å². The minimum atomic E-state index is 1.39. The van der Waals surface area contributed by atoms with Crippen molar-refractivity contribution < 1.29 is 0 Å². The van der Waals surface area contributed by atoms with E-state index in [4.69, 9.17) is 5.53 Å². The molecule has 0 spiro atoms. The van der Waals surface area contributed by atoms with Crippen molar-refractivity contribution >= 4 is 0 Å². The van der Waals surface area contributed by atoms with Crippen molar-refractivity contribution in [3.8, 4) is 0 Å². The van der Waals surface area contributed by atoms with Crippen molar-refractivity contribution in [2.24, 2.45) is 5.11 Å². The van der Waals surface area contributed by atoms with Crippen LogP contribution in [0, 0.1) is 0 Å². The third-order valence-electron chi connectivity index (χ3n) is 0.0894. The predicted molar refractivity (Wildman–Crippen MR) is 15.1 cm³/mol. The standard InChI is InChI=1S/CH3N3/c1-3-4-2/h1H3/i1-1. The first-order chi connectivity index (χ1) is 1.91. The van der Waals surface area contributed by atoms with Gasteiger partial charge >= 0.3 is 0 Å². The molecule has 4 heavy (non-hydrogen) atoms. The molecular formula is CH3N3. The molecule has 0 rings (SSSR count).